The van der Waals surface area contributed by atoms with Gasteiger partial charge in [-0.3, -0.25) is 4.79 Å². The van der Waals surface area contributed by atoms with E-state index in [4.69, 9.17) is 5.73 Å². The summed E-state index contributed by atoms with van der Waals surface area (Å²) in [4.78, 5) is 11.3. The molecule has 0 heterocycles. The highest BCUT2D eigenvalue weighted by molar-refractivity contribution is 5.84. The molecule has 0 fully saturated rings. The Balaban J connectivity index is 4.25. The minimum absolute atomic E-state index is 0.1000. The van der Waals surface area contributed by atoms with E-state index in [1.807, 2.05) is 6.92 Å². The van der Waals surface area contributed by atoms with Gasteiger partial charge in [0.15, 0.2) is 6.10 Å². The second kappa shape index (κ2) is 6.94. The number of nitrogens with one attached hydrogen (secondary N) is 1. The molecule has 0 saturated carbocycles. The van der Waals surface area contributed by atoms with Crippen molar-refractivity contribution < 1.29 is 22.7 Å². The standard InChI is InChI=1S/C11H21F3N2O2/c1-4-6-16-10(3,9(15)17)5-7-18-8(2)11(12,13)14/h8,16H,4-7H2,1-3H3,(H2,15,17). The van der Waals surface area contributed by atoms with Gasteiger partial charge in [0.05, 0.1) is 5.54 Å². The summed E-state index contributed by atoms with van der Waals surface area (Å²) < 4.78 is 41.3. The minimum Gasteiger partial charge on any atom is -0.369 e. The first-order valence-electron chi connectivity index (χ1n) is 5.86. The number of rotatable bonds is 8. The highest BCUT2D eigenvalue weighted by atomic mass is 19.4. The van der Waals surface area contributed by atoms with Crippen LogP contribution in [-0.4, -0.2) is 36.9 Å². The second-order valence-corrected chi connectivity index (χ2v) is 4.43. The number of nitrogens with two attached hydrogens (primary N) is 1. The fourth-order valence-corrected chi connectivity index (χ4v) is 1.23. The Morgan fingerprint density at radius 2 is 2.00 bits per heavy atom. The first-order chi connectivity index (χ1) is 8.13. The first kappa shape index (κ1) is 17.2. The number of ether oxygens (including phenoxy) is 1. The lowest BCUT2D eigenvalue weighted by Gasteiger charge is -2.28. The van der Waals surface area contributed by atoms with E-state index in [2.05, 4.69) is 10.1 Å². The molecular formula is C11H21F3N2O2. The molecule has 0 radical (unpaired) electrons. The molecule has 0 aliphatic rings. The van der Waals surface area contributed by atoms with Gasteiger partial charge in [0.25, 0.3) is 0 Å². The number of hydrogen-bond acceptors (Lipinski definition) is 3. The van der Waals surface area contributed by atoms with Crippen LogP contribution in [0, 0.1) is 0 Å². The van der Waals surface area contributed by atoms with Crippen LogP contribution in [-0.2, 0) is 9.53 Å². The largest absolute Gasteiger partial charge is 0.414 e. The van der Waals surface area contributed by atoms with E-state index in [9.17, 15) is 18.0 Å². The summed E-state index contributed by atoms with van der Waals surface area (Å²) >= 11 is 0. The summed E-state index contributed by atoms with van der Waals surface area (Å²) in [6.45, 7) is 4.79. The molecule has 0 bridgehead atoms. The summed E-state index contributed by atoms with van der Waals surface area (Å²) in [5, 5.41) is 2.92. The zero-order valence-electron chi connectivity index (χ0n) is 10.9. The lowest BCUT2D eigenvalue weighted by atomic mass is 9.97. The van der Waals surface area contributed by atoms with Crippen molar-refractivity contribution in [1.29, 1.82) is 0 Å². The molecule has 0 aromatic heterocycles. The molecule has 1 amide bonds. The minimum atomic E-state index is -4.39. The van der Waals surface area contributed by atoms with E-state index in [0.717, 1.165) is 13.3 Å². The van der Waals surface area contributed by atoms with Crippen LogP contribution in [0.15, 0.2) is 0 Å². The zero-order valence-corrected chi connectivity index (χ0v) is 10.9. The molecule has 0 spiro atoms. The Labute approximate surface area is 105 Å². The number of hydrogen-bond donors (Lipinski definition) is 2. The maximum absolute atomic E-state index is 12.2. The molecule has 2 unspecified atom stereocenters. The van der Waals surface area contributed by atoms with Gasteiger partial charge >= 0.3 is 6.18 Å². The quantitative estimate of drug-likeness (QED) is 0.704. The molecular weight excluding hydrogens is 249 g/mol. The van der Waals surface area contributed by atoms with Crippen LogP contribution >= 0.6 is 0 Å². The van der Waals surface area contributed by atoms with Crippen LogP contribution in [0.2, 0.25) is 0 Å². The van der Waals surface area contributed by atoms with Crippen LogP contribution in [0.3, 0.4) is 0 Å². The maximum atomic E-state index is 12.2. The molecule has 0 saturated heterocycles. The molecule has 0 aliphatic heterocycles. The van der Waals surface area contributed by atoms with Gasteiger partial charge in [-0.15, -0.1) is 0 Å². The monoisotopic (exact) mass is 270 g/mol. The number of alkyl halides is 3. The molecule has 0 aromatic carbocycles. The molecule has 2 atom stereocenters. The Bertz CT molecular complexity index is 272. The number of primary amides is 1. The first-order valence-corrected chi connectivity index (χ1v) is 5.86. The predicted molar refractivity (Wildman–Crippen MR) is 62.0 cm³/mol. The van der Waals surface area contributed by atoms with Crippen molar-refractivity contribution in [2.75, 3.05) is 13.2 Å². The summed E-state index contributed by atoms with van der Waals surface area (Å²) in [5.74, 6) is -0.598. The molecule has 0 rings (SSSR count). The molecule has 7 heteroatoms. The predicted octanol–water partition coefficient (Wildman–Crippen LogP) is 1.59. The van der Waals surface area contributed by atoms with E-state index in [1.165, 1.54) is 0 Å². The Morgan fingerprint density at radius 3 is 2.39 bits per heavy atom. The van der Waals surface area contributed by atoms with Crippen molar-refractivity contribution in [2.45, 2.75) is 51.4 Å². The smallest absolute Gasteiger partial charge is 0.369 e. The van der Waals surface area contributed by atoms with Crippen LogP contribution < -0.4 is 11.1 Å². The lowest BCUT2D eigenvalue weighted by molar-refractivity contribution is -0.215. The lowest BCUT2D eigenvalue weighted by Crippen LogP contribution is -2.54. The normalized spacial score (nSPS) is 17.2. The summed E-state index contributed by atoms with van der Waals surface area (Å²) in [6, 6.07) is 0. The fraction of sp³-hybridized carbons (Fsp3) is 0.909. The van der Waals surface area contributed by atoms with E-state index in [1.54, 1.807) is 6.92 Å². The highest BCUT2D eigenvalue weighted by Gasteiger charge is 2.37. The van der Waals surface area contributed by atoms with Crippen molar-refractivity contribution in [1.82, 2.24) is 5.32 Å². The third-order valence-electron chi connectivity index (χ3n) is 2.74. The second-order valence-electron chi connectivity index (χ2n) is 4.43. The van der Waals surface area contributed by atoms with Gasteiger partial charge < -0.3 is 15.8 Å². The summed E-state index contributed by atoms with van der Waals surface area (Å²) in [5.41, 5.74) is 4.19. The van der Waals surface area contributed by atoms with Crippen molar-refractivity contribution >= 4 is 5.91 Å². The Kier molecular flexibility index (Phi) is 6.62. The van der Waals surface area contributed by atoms with Gasteiger partial charge in [-0.05, 0) is 33.2 Å². The molecule has 18 heavy (non-hydrogen) atoms. The molecule has 3 N–H and O–H groups in total. The van der Waals surface area contributed by atoms with E-state index in [-0.39, 0.29) is 13.0 Å². The number of carbonyl (C=O) groups is 1. The SMILES string of the molecule is CCCNC(C)(CCOC(C)C(F)(F)F)C(N)=O. The molecule has 0 aromatic rings. The number of halogens is 3. The van der Waals surface area contributed by atoms with Crippen molar-refractivity contribution in [3.05, 3.63) is 0 Å². The van der Waals surface area contributed by atoms with E-state index < -0.39 is 23.7 Å². The van der Waals surface area contributed by atoms with E-state index >= 15 is 0 Å². The van der Waals surface area contributed by atoms with Crippen molar-refractivity contribution in [2.24, 2.45) is 5.73 Å². The van der Waals surface area contributed by atoms with Gasteiger partial charge in [0.1, 0.15) is 0 Å². The van der Waals surface area contributed by atoms with Gasteiger partial charge in [0.2, 0.25) is 5.91 Å². The molecule has 108 valence electrons. The average Bonchev–Trinajstić information content (AvgIpc) is 2.24. The molecule has 4 nitrogen and oxygen atoms in total. The van der Waals surface area contributed by atoms with Crippen LogP contribution in [0.1, 0.15) is 33.6 Å². The Hall–Kier alpha value is -0.820. The fourth-order valence-electron chi connectivity index (χ4n) is 1.23. The Morgan fingerprint density at radius 1 is 1.44 bits per heavy atom. The van der Waals surface area contributed by atoms with Gasteiger partial charge in [-0.1, -0.05) is 6.92 Å². The number of carbonyl (C=O) groups excluding carboxylic acids is 1. The van der Waals surface area contributed by atoms with E-state index in [0.29, 0.717) is 6.54 Å². The highest BCUT2D eigenvalue weighted by Crippen LogP contribution is 2.23. The van der Waals surface area contributed by atoms with Crippen LogP contribution in [0.5, 0.6) is 0 Å². The maximum Gasteiger partial charge on any atom is 0.414 e. The third kappa shape index (κ3) is 5.68. The molecule has 0 aliphatic carbocycles. The van der Waals surface area contributed by atoms with Crippen LogP contribution in [0.4, 0.5) is 13.2 Å². The summed E-state index contributed by atoms with van der Waals surface area (Å²) in [6.07, 6.45) is -5.34. The zero-order chi connectivity index (χ0) is 14.4. The average molecular weight is 270 g/mol. The van der Waals surface area contributed by atoms with Gasteiger partial charge in [-0.2, -0.15) is 13.2 Å². The summed E-state index contributed by atoms with van der Waals surface area (Å²) in [7, 11) is 0. The van der Waals surface area contributed by atoms with Crippen LogP contribution in [0.25, 0.3) is 0 Å². The number of amides is 1. The third-order valence-corrected chi connectivity index (χ3v) is 2.74. The topological polar surface area (TPSA) is 64.3 Å². The van der Waals surface area contributed by atoms with Gasteiger partial charge in [-0.25, -0.2) is 0 Å². The van der Waals surface area contributed by atoms with Crippen molar-refractivity contribution in [3.8, 4) is 0 Å². The van der Waals surface area contributed by atoms with Crippen molar-refractivity contribution in [3.63, 3.8) is 0 Å². The van der Waals surface area contributed by atoms with Gasteiger partial charge in [0, 0.05) is 6.61 Å².